The summed E-state index contributed by atoms with van der Waals surface area (Å²) in [6.45, 7) is 0.739. The summed E-state index contributed by atoms with van der Waals surface area (Å²) >= 11 is 1.54. The second-order valence-corrected chi connectivity index (χ2v) is 4.93. The minimum Gasteiger partial charge on any atom is -0.508 e. The molecule has 1 aromatic rings. The molecule has 1 aromatic carbocycles. The molecule has 6 nitrogen and oxygen atoms in total. The van der Waals surface area contributed by atoms with Crippen LogP contribution >= 0.6 is 11.8 Å². The zero-order valence-electron chi connectivity index (χ0n) is 10.5. The normalized spacial score (nSPS) is 14.3. The monoisotopic (exact) mass is 288 g/mol. The average molecular weight is 288 g/mol. The molecule has 1 aliphatic rings. The van der Waals surface area contributed by atoms with E-state index in [-0.39, 0.29) is 11.3 Å². The van der Waals surface area contributed by atoms with E-state index in [1.165, 1.54) is 30.1 Å². The summed E-state index contributed by atoms with van der Waals surface area (Å²) in [4.78, 5) is 16.0. The van der Waals surface area contributed by atoms with E-state index in [4.69, 9.17) is 10.4 Å². The Morgan fingerprint density at radius 2 is 2.20 bits per heavy atom. The molecule has 0 radical (unpaired) electrons. The van der Waals surface area contributed by atoms with Gasteiger partial charge in [-0.15, -0.1) is 0 Å². The van der Waals surface area contributed by atoms with Gasteiger partial charge in [0, 0.05) is 17.6 Å². The summed E-state index contributed by atoms with van der Waals surface area (Å²) < 4.78 is 0. The minimum atomic E-state index is -0.519. The van der Waals surface area contributed by atoms with Crippen LogP contribution in [0.2, 0.25) is 0 Å². The number of anilines is 1. The first kappa shape index (κ1) is 14.0. The molecule has 0 saturated heterocycles. The van der Waals surface area contributed by atoms with Crippen LogP contribution in [0.4, 0.5) is 5.69 Å². The molecule has 0 saturated carbocycles. The van der Waals surface area contributed by atoms with E-state index >= 15 is 0 Å². The van der Waals surface area contributed by atoms with Gasteiger partial charge in [0.05, 0.1) is 6.54 Å². The van der Waals surface area contributed by atoms with Crippen LogP contribution in [0.1, 0.15) is 0 Å². The third kappa shape index (κ3) is 3.76. The first-order chi connectivity index (χ1) is 9.69. The van der Waals surface area contributed by atoms with Gasteiger partial charge in [0.1, 0.15) is 17.4 Å². The topological polar surface area (TPSA) is 97.5 Å². The smallest absolute Gasteiger partial charge is 0.267 e. The van der Waals surface area contributed by atoms with Crippen molar-refractivity contribution in [1.82, 2.24) is 5.32 Å². The van der Waals surface area contributed by atoms with E-state index < -0.39 is 5.91 Å². The number of carbonyl (C=O) groups is 1. The Labute approximate surface area is 120 Å². The summed E-state index contributed by atoms with van der Waals surface area (Å²) in [5.41, 5.74) is 0.454. The number of hydrogen-bond acceptors (Lipinski definition) is 6. The van der Waals surface area contributed by atoms with Crippen molar-refractivity contribution in [2.75, 3.05) is 17.6 Å². The Bertz CT molecular complexity index is 602. The van der Waals surface area contributed by atoms with Crippen molar-refractivity contribution in [2.45, 2.75) is 0 Å². The van der Waals surface area contributed by atoms with Gasteiger partial charge in [-0.1, -0.05) is 11.8 Å². The van der Waals surface area contributed by atoms with Gasteiger partial charge < -0.3 is 15.7 Å². The average Bonchev–Trinajstić information content (AvgIpc) is 2.95. The molecule has 0 bridgehead atoms. The van der Waals surface area contributed by atoms with Crippen molar-refractivity contribution >= 4 is 28.5 Å². The number of thioether (sulfide) groups is 1. The van der Waals surface area contributed by atoms with Gasteiger partial charge in [0.25, 0.3) is 5.91 Å². The fourth-order valence-corrected chi connectivity index (χ4v) is 2.15. The molecule has 0 unspecified atom stereocenters. The number of amidine groups is 1. The number of aliphatic imine (C=N–C) groups is 1. The second kappa shape index (κ2) is 6.63. The van der Waals surface area contributed by atoms with E-state index in [9.17, 15) is 4.79 Å². The fourth-order valence-electron chi connectivity index (χ4n) is 1.45. The van der Waals surface area contributed by atoms with Gasteiger partial charge in [-0.3, -0.25) is 9.79 Å². The van der Waals surface area contributed by atoms with Crippen LogP contribution in [-0.2, 0) is 4.79 Å². The van der Waals surface area contributed by atoms with E-state index in [1.807, 2.05) is 6.07 Å². The predicted molar refractivity (Wildman–Crippen MR) is 78.3 cm³/mol. The lowest BCUT2D eigenvalue weighted by Gasteiger charge is -2.04. The maximum absolute atomic E-state index is 11.9. The lowest BCUT2D eigenvalue weighted by molar-refractivity contribution is -0.112. The lowest BCUT2D eigenvalue weighted by Crippen LogP contribution is -2.18. The summed E-state index contributed by atoms with van der Waals surface area (Å²) in [6.07, 6.45) is 1.34. The van der Waals surface area contributed by atoms with Gasteiger partial charge in [0.2, 0.25) is 0 Å². The number of phenols is 1. The van der Waals surface area contributed by atoms with Gasteiger partial charge >= 0.3 is 0 Å². The molecule has 1 aliphatic heterocycles. The number of rotatable bonds is 3. The van der Waals surface area contributed by atoms with Crippen molar-refractivity contribution in [2.24, 2.45) is 4.99 Å². The summed E-state index contributed by atoms with van der Waals surface area (Å²) in [7, 11) is 0. The van der Waals surface area contributed by atoms with Gasteiger partial charge in [0.15, 0.2) is 5.17 Å². The number of phenolic OH excluding ortho intramolecular Hbond substituents is 1. The van der Waals surface area contributed by atoms with E-state index in [0.29, 0.717) is 10.9 Å². The molecular formula is C13H12N4O2S. The molecule has 7 heteroatoms. The third-order valence-corrected chi connectivity index (χ3v) is 3.32. The molecular weight excluding hydrogens is 276 g/mol. The zero-order chi connectivity index (χ0) is 14.4. The molecule has 0 atom stereocenters. The van der Waals surface area contributed by atoms with Crippen LogP contribution in [-0.4, -0.2) is 28.5 Å². The Hall–Kier alpha value is -2.46. The quantitative estimate of drug-likeness (QED) is 0.444. The Morgan fingerprint density at radius 1 is 1.45 bits per heavy atom. The standard InChI is InChI=1S/C13H12N4O2S/c14-7-9(8-16-13-15-5-6-20-13)12(19)17-10-1-3-11(18)4-2-10/h1-4,8,18H,5-6H2,(H,15,16)(H,17,19)/b9-8-. The minimum absolute atomic E-state index is 0.0479. The SMILES string of the molecule is N#C/C(=C/NC1=NCCS1)C(=O)Nc1ccc(O)cc1. The van der Waals surface area contributed by atoms with Gasteiger partial charge in [-0.25, -0.2) is 0 Å². The second-order valence-electron chi connectivity index (χ2n) is 3.85. The number of hydrogen-bond donors (Lipinski definition) is 3. The molecule has 1 heterocycles. The molecule has 2 rings (SSSR count). The molecule has 1 amide bonds. The highest BCUT2D eigenvalue weighted by atomic mass is 32.2. The number of nitriles is 1. The molecule has 0 spiro atoms. The predicted octanol–water partition coefficient (Wildman–Crippen LogP) is 1.43. The Morgan fingerprint density at radius 3 is 2.80 bits per heavy atom. The molecule has 3 N–H and O–H groups in total. The highest BCUT2D eigenvalue weighted by Crippen LogP contribution is 2.14. The largest absolute Gasteiger partial charge is 0.508 e. The van der Waals surface area contributed by atoms with Crippen molar-refractivity contribution in [3.63, 3.8) is 0 Å². The van der Waals surface area contributed by atoms with E-state index in [1.54, 1.807) is 12.1 Å². The number of benzene rings is 1. The number of amides is 1. The van der Waals surface area contributed by atoms with Crippen molar-refractivity contribution in [3.8, 4) is 11.8 Å². The van der Waals surface area contributed by atoms with Crippen LogP contribution < -0.4 is 10.6 Å². The number of nitrogens with one attached hydrogen (secondary N) is 2. The molecule has 0 aromatic heterocycles. The summed E-state index contributed by atoms with van der Waals surface area (Å²) in [5.74, 6) is 0.490. The first-order valence-corrected chi connectivity index (χ1v) is 6.82. The molecule has 20 heavy (non-hydrogen) atoms. The van der Waals surface area contributed by atoms with Gasteiger partial charge in [-0.2, -0.15) is 5.26 Å². The number of carbonyl (C=O) groups excluding carboxylic acids is 1. The Kier molecular flexibility index (Phi) is 4.63. The van der Waals surface area contributed by atoms with Crippen molar-refractivity contribution in [3.05, 3.63) is 36.0 Å². The highest BCUT2D eigenvalue weighted by molar-refractivity contribution is 8.14. The fraction of sp³-hybridized carbons (Fsp3) is 0.154. The van der Waals surface area contributed by atoms with Crippen LogP contribution in [0, 0.1) is 11.3 Å². The first-order valence-electron chi connectivity index (χ1n) is 5.83. The molecule has 102 valence electrons. The maximum atomic E-state index is 11.9. The number of aromatic hydroxyl groups is 1. The van der Waals surface area contributed by atoms with E-state index in [2.05, 4.69) is 15.6 Å². The summed E-state index contributed by atoms with van der Waals surface area (Å²) in [5, 5.41) is 24.2. The van der Waals surface area contributed by atoms with Crippen LogP contribution in [0.3, 0.4) is 0 Å². The molecule has 0 aliphatic carbocycles. The number of nitrogens with zero attached hydrogens (tertiary/aromatic N) is 2. The van der Waals surface area contributed by atoms with Crippen molar-refractivity contribution < 1.29 is 9.90 Å². The summed E-state index contributed by atoms with van der Waals surface area (Å²) in [6, 6.07) is 7.83. The molecule has 0 fully saturated rings. The van der Waals surface area contributed by atoms with E-state index in [0.717, 1.165) is 12.3 Å². The van der Waals surface area contributed by atoms with Crippen LogP contribution in [0.25, 0.3) is 0 Å². The van der Waals surface area contributed by atoms with Crippen LogP contribution in [0.15, 0.2) is 41.0 Å². The Balaban J connectivity index is 2.00. The highest BCUT2D eigenvalue weighted by Gasteiger charge is 2.11. The van der Waals surface area contributed by atoms with Crippen molar-refractivity contribution in [1.29, 1.82) is 5.26 Å². The van der Waals surface area contributed by atoms with Crippen LogP contribution in [0.5, 0.6) is 5.75 Å². The van der Waals surface area contributed by atoms with Gasteiger partial charge in [-0.05, 0) is 24.3 Å². The third-order valence-electron chi connectivity index (χ3n) is 2.42. The zero-order valence-corrected chi connectivity index (χ0v) is 11.3. The lowest BCUT2D eigenvalue weighted by atomic mass is 10.2. The maximum Gasteiger partial charge on any atom is 0.267 e.